The van der Waals surface area contributed by atoms with E-state index in [1.807, 2.05) is 6.07 Å². The number of cyclic esters (lactones) is 1. The maximum atomic E-state index is 12.6. The molecule has 1 atom stereocenters. The molecular formula is C19H11BrO5. The number of carbonyl (C=O) groups excluding carboxylic acids is 3. The number of benzene rings is 2. The lowest BCUT2D eigenvalue weighted by Crippen LogP contribution is -2.31. The van der Waals surface area contributed by atoms with E-state index >= 15 is 0 Å². The van der Waals surface area contributed by atoms with Crippen molar-refractivity contribution >= 4 is 33.5 Å². The maximum Gasteiger partial charge on any atom is 0.375 e. The number of fused-ring (bicyclic) bond motifs is 1. The Hall–Kier alpha value is -2.73. The molecule has 0 fully saturated rings. The molecule has 1 aliphatic heterocycles. The zero-order chi connectivity index (χ0) is 17.6. The van der Waals surface area contributed by atoms with Gasteiger partial charge >= 0.3 is 5.97 Å². The maximum absolute atomic E-state index is 12.6. The Morgan fingerprint density at radius 1 is 0.840 bits per heavy atom. The zero-order valence-corrected chi connectivity index (χ0v) is 14.4. The highest BCUT2D eigenvalue weighted by Crippen LogP contribution is 2.39. The Bertz CT molecular complexity index is 897. The quantitative estimate of drug-likeness (QED) is 0.585. The summed E-state index contributed by atoms with van der Waals surface area (Å²) in [7, 11) is 0. The minimum atomic E-state index is -1.09. The normalized spacial score (nSPS) is 20.0. The number of rotatable bonds is 3. The molecule has 0 aromatic heterocycles. The first-order valence-corrected chi connectivity index (χ1v) is 8.38. The summed E-state index contributed by atoms with van der Waals surface area (Å²) in [6, 6.07) is 15.3. The summed E-state index contributed by atoms with van der Waals surface area (Å²) in [6.45, 7) is 0. The van der Waals surface area contributed by atoms with Gasteiger partial charge in [-0.2, -0.15) is 0 Å². The van der Waals surface area contributed by atoms with Gasteiger partial charge in [0.05, 0.1) is 4.48 Å². The lowest BCUT2D eigenvalue weighted by molar-refractivity contribution is -0.142. The van der Waals surface area contributed by atoms with E-state index in [1.165, 1.54) is 0 Å². The second kappa shape index (κ2) is 5.97. The van der Waals surface area contributed by atoms with E-state index < -0.39 is 18.0 Å². The van der Waals surface area contributed by atoms with Crippen LogP contribution in [-0.4, -0.2) is 23.6 Å². The fourth-order valence-electron chi connectivity index (χ4n) is 3.00. The van der Waals surface area contributed by atoms with Crippen molar-refractivity contribution in [2.45, 2.75) is 6.10 Å². The van der Waals surface area contributed by atoms with Gasteiger partial charge < -0.3 is 9.47 Å². The molecule has 0 amide bonds. The molecule has 0 bridgehead atoms. The molecule has 25 heavy (non-hydrogen) atoms. The van der Waals surface area contributed by atoms with E-state index in [-0.39, 0.29) is 21.8 Å². The van der Waals surface area contributed by atoms with E-state index in [2.05, 4.69) is 15.9 Å². The van der Waals surface area contributed by atoms with E-state index in [0.29, 0.717) is 16.9 Å². The summed E-state index contributed by atoms with van der Waals surface area (Å²) < 4.78 is 11.1. The van der Waals surface area contributed by atoms with Crippen LogP contribution in [0.1, 0.15) is 20.7 Å². The van der Waals surface area contributed by atoms with E-state index in [0.717, 1.165) is 0 Å². The van der Waals surface area contributed by atoms with Crippen molar-refractivity contribution in [1.82, 2.24) is 0 Å². The Labute approximate surface area is 151 Å². The van der Waals surface area contributed by atoms with E-state index in [1.54, 1.807) is 48.5 Å². The van der Waals surface area contributed by atoms with Gasteiger partial charge in [-0.3, -0.25) is 9.59 Å². The van der Waals surface area contributed by atoms with Crippen molar-refractivity contribution in [2.75, 3.05) is 0 Å². The highest BCUT2D eigenvalue weighted by atomic mass is 79.9. The Morgan fingerprint density at radius 3 is 2.00 bits per heavy atom. The third-order valence-corrected chi connectivity index (χ3v) is 4.99. The van der Waals surface area contributed by atoms with Gasteiger partial charge in [0.1, 0.15) is 11.7 Å². The molecule has 6 heteroatoms. The fourth-order valence-corrected chi connectivity index (χ4v) is 3.60. The number of para-hydroxylation sites is 1. The molecule has 0 N–H and O–H groups in total. The van der Waals surface area contributed by atoms with Crippen LogP contribution in [0.3, 0.4) is 0 Å². The average molecular weight is 399 g/mol. The molecule has 124 valence electrons. The SMILES string of the molecule is O=C1O[C@@H](C2C(=O)c3ccccc3C2=O)C(Br)=C1Oc1ccccc1. The predicted octanol–water partition coefficient (Wildman–Crippen LogP) is 3.29. The van der Waals surface area contributed by atoms with Gasteiger partial charge in [0.2, 0.25) is 5.76 Å². The van der Waals surface area contributed by atoms with Crippen LogP contribution in [0.5, 0.6) is 5.75 Å². The van der Waals surface area contributed by atoms with Crippen molar-refractivity contribution in [3.8, 4) is 5.75 Å². The number of Topliss-reactive ketones (excluding diaryl/α,β-unsaturated/α-hetero) is 2. The summed E-state index contributed by atoms with van der Waals surface area (Å²) in [4.78, 5) is 37.4. The number of carbonyl (C=O) groups is 3. The van der Waals surface area contributed by atoms with Gasteiger partial charge in [-0.25, -0.2) is 4.79 Å². The number of hydrogen-bond donors (Lipinski definition) is 0. The van der Waals surface area contributed by atoms with Crippen molar-refractivity contribution in [2.24, 2.45) is 5.92 Å². The molecule has 0 unspecified atom stereocenters. The summed E-state index contributed by atoms with van der Waals surface area (Å²) in [6.07, 6.45) is -1.02. The fraction of sp³-hybridized carbons (Fsp3) is 0.105. The summed E-state index contributed by atoms with van der Waals surface area (Å²) in [5.74, 6) is -2.09. The number of esters is 1. The molecule has 1 aliphatic carbocycles. The van der Waals surface area contributed by atoms with Gasteiger partial charge in [-0.15, -0.1) is 0 Å². The van der Waals surface area contributed by atoms with Gasteiger partial charge in [-0.05, 0) is 28.1 Å². The Balaban J connectivity index is 1.67. The first-order valence-electron chi connectivity index (χ1n) is 7.59. The molecule has 0 saturated carbocycles. The molecule has 1 heterocycles. The molecule has 2 aromatic rings. The zero-order valence-electron chi connectivity index (χ0n) is 12.8. The molecule has 2 aliphatic rings. The topological polar surface area (TPSA) is 69.7 Å². The first kappa shape index (κ1) is 15.8. The van der Waals surface area contributed by atoms with Gasteiger partial charge in [-0.1, -0.05) is 42.5 Å². The van der Waals surface area contributed by atoms with Crippen LogP contribution in [0.25, 0.3) is 0 Å². The van der Waals surface area contributed by atoms with Gasteiger partial charge in [0, 0.05) is 11.1 Å². The summed E-state index contributed by atoms with van der Waals surface area (Å²) in [5.41, 5.74) is 0.706. The summed E-state index contributed by atoms with van der Waals surface area (Å²) >= 11 is 3.28. The second-order valence-electron chi connectivity index (χ2n) is 5.67. The lowest BCUT2D eigenvalue weighted by Gasteiger charge is -2.14. The molecule has 0 spiro atoms. The second-order valence-corrected chi connectivity index (χ2v) is 6.52. The minimum absolute atomic E-state index is 0.0484. The third kappa shape index (κ3) is 2.49. The molecule has 0 saturated heterocycles. The monoisotopic (exact) mass is 398 g/mol. The average Bonchev–Trinajstić information content (AvgIpc) is 3.04. The number of halogens is 1. The predicted molar refractivity (Wildman–Crippen MR) is 91.5 cm³/mol. The molecule has 2 aromatic carbocycles. The van der Waals surface area contributed by atoms with Crippen molar-refractivity contribution in [1.29, 1.82) is 0 Å². The van der Waals surface area contributed by atoms with Crippen LogP contribution in [0, 0.1) is 5.92 Å². The van der Waals surface area contributed by atoms with Gasteiger partial charge in [0.15, 0.2) is 17.7 Å². The van der Waals surface area contributed by atoms with Crippen LogP contribution >= 0.6 is 15.9 Å². The van der Waals surface area contributed by atoms with Crippen LogP contribution in [0.15, 0.2) is 64.8 Å². The molecule has 5 nitrogen and oxygen atoms in total. The van der Waals surface area contributed by atoms with Crippen molar-refractivity contribution in [3.63, 3.8) is 0 Å². The van der Waals surface area contributed by atoms with Crippen molar-refractivity contribution < 1.29 is 23.9 Å². The number of ether oxygens (including phenoxy) is 2. The summed E-state index contributed by atoms with van der Waals surface area (Å²) in [5, 5.41) is 0. The van der Waals surface area contributed by atoms with Crippen LogP contribution in [0.4, 0.5) is 0 Å². The minimum Gasteiger partial charge on any atom is -0.450 e. The Kier molecular flexibility index (Phi) is 3.77. The highest BCUT2D eigenvalue weighted by molar-refractivity contribution is 9.11. The number of ketones is 2. The van der Waals surface area contributed by atoms with E-state index in [4.69, 9.17) is 9.47 Å². The highest BCUT2D eigenvalue weighted by Gasteiger charge is 2.50. The van der Waals surface area contributed by atoms with Crippen LogP contribution < -0.4 is 4.74 Å². The van der Waals surface area contributed by atoms with Crippen LogP contribution in [-0.2, 0) is 9.53 Å². The van der Waals surface area contributed by atoms with E-state index in [9.17, 15) is 14.4 Å². The number of hydrogen-bond acceptors (Lipinski definition) is 5. The third-order valence-electron chi connectivity index (χ3n) is 4.17. The standard InChI is InChI=1S/C19H11BrO5/c20-14-17(13-15(21)11-8-4-5-9-12(11)16(13)22)25-19(23)18(14)24-10-6-2-1-3-7-10/h1-9,13,17H/t17-/m0/s1. The van der Waals surface area contributed by atoms with Crippen LogP contribution in [0.2, 0.25) is 0 Å². The molecule has 4 rings (SSSR count). The largest absolute Gasteiger partial charge is 0.450 e. The molecule has 0 radical (unpaired) electrons. The smallest absolute Gasteiger partial charge is 0.375 e. The molecular weight excluding hydrogens is 388 g/mol. The first-order chi connectivity index (χ1) is 12.1. The lowest BCUT2D eigenvalue weighted by atomic mass is 9.97. The van der Waals surface area contributed by atoms with Crippen molar-refractivity contribution in [3.05, 3.63) is 76.0 Å². The van der Waals surface area contributed by atoms with Gasteiger partial charge in [0.25, 0.3) is 0 Å². The Morgan fingerprint density at radius 2 is 1.40 bits per heavy atom.